The fraction of sp³-hybridized carbons (Fsp3) is 0.556. The van der Waals surface area contributed by atoms with Crippen molar-refractivity contribution >= 4 is 34.4 Å². The number of aromatic nitrogens is 2. The smallest absolute Gasteiger partial charge is 0.268 e. The minimum Gasteiger partial charge on any atom is -0.492 e. The molecule has 0 unspecified atom stereocenters. The number of hydrogen-bond acceptors (Lipinski definition) is 4. The Hall–Kier alpha value is -0.240. The molecule has 1 aromatic rings. The zero-order chi connectivity index (χ0) is 11.6. The molecule has 2 N–H and O–H groups in total. The van der Waals surface area contributed by atoms with Gasteiger partial charge in [-0.1, -0.05) is 20.8 Å². The number of rotatable bonds is 2. The molecule has 0 spiro atoms. The van der Waals surface area contributed by atoms with Crippen LogP contribution in [0.15, 0.2) is 4.79 Å². The van der Waals surface area contributed by atoms with Gasteiger partial charge in [0.1, 0.15) is 9.39 Å². The number of aromatic hydroxyl groups is 1. The number of hydrogen-bond donors (Lipinski definition) is 2. The molecule has 0 aliphatic carbocycles. The molecule has 1 rings (SSSR count). The van der Waals surface area contributed by atoms with Gasteiger partial charge in [0, 0.05) is 4.75 Å². The van der Waals surface area contributed by atoms with Crippen molar-refractivity contribution < 1.29 is 5.11 Å². The summed E-state index contributed by atoms with van der Waals surface area (Å²) in [5.41, 5.74) is -0.285. The van der Waals surface area contributed by atoms with E-state index in [-0.39, 0.29) is 19.8 Å². The maximum atomic E-state index is 11.3. The van der Waals surface area contributed by atoms with Crippen molar-refractivity contribution in [3.8, 4) is 5.88 Å². The molecule has 0 aliphatic heterocycles. The first-order chi connectivity index (χ1) is 6.79. The minimum absolute atomic E-state index is 0.108. The quantitative estimate of drug-likeness (QED) is 0.810. The third-order valence-corrected chi connectivity index (χ3v) is 3.79. The first-order valence-electron chi connectivity index (χ1n) is 4.41. The van der Waals surface area contributed by atoms with Crippen LogP contribution in [0.5, 0.6) is 5.88 Å². The van der Waals surface area contributed by atoms with E-state index in [4.69, 9.17) is 0 Å². The Morgan fingerprint density at radius 2 is 2.13 bits per heavy atom. The minimum atomic E-state index is -0.285. The molecule has 0 radical (unpaired) electrons. The topological polar surface area (TPSA) is 66.0 Å². The molecule has 4 nitrogen and oxygen atoms in total. The van der Waals surface area contributed by atoms with Crippen LogP contribution < -0.4 is 5.56 Å². The molecule has 0 saturated heterocycles. The molecule has 0 bridgehead atoms. The van der Waals surface area contributed by atoms with Gasteiger partial charge in [-0.15, -0.1) is 11.8 Å². The molecule has 0 aromatic carbocycles. The number of H-pyrrole nitrogens is 1. The van der Waals surface area contributed by atoms with E-state index >= 15 is 0 Å². The summed E-state index contributed by atoms with van der Waals surface area (Å²) in [6, 6.07) is 0. The lowest BCUT2D eigenvalue weighted by Gasteiger charge is -2.16. The van der Waals surface area contributed by atoms with Crippen LogP contribution in [-0.4, -0.2) is 19.8 Å². The standard InChI is InChI=1S/C9H13IN2O2S/c1-9(2,3)15-4-5-11-7(13)6(10)8(14)12-5/h4H2,1-3H3,(H2,11,12,13,14). The van der Waals surface area contributed by atoms with Crippen molar-refractivity contribution in [2.75, 3.05) is 0 Å². The Bertz CT molecular complexity index is 412. The fourth-order valence-electron chi connectivity index (χ4n) is 0.846. The second-order valence-electron chi connectivity index (χ2n) is 4.05. The van der Waals surface area contributed by atoms with Crippen molar-refractivity contribution in [3.05, 3.63) is 19.7 Å². The molecule has 0 amide bonds. The number of aromatic amines is 1. The molecule has 6 heteroatoms. The molecular weight excluding hydrogens is 327 g/mol. The van der Waals surface area contributed by atoms with Gasteiger partial charge in [0.2, 0.25) is 5.88 Å². The van der Waals surface area contributed by atoms with Gasteiger partial charge < -0.3 is 10.1 Å². The summed E-state index contributed by atoms with van der Waals surface area (Å²) in [7, 11) is 0. The third-order valence-electron chi connectivity index (χ3n) is 1.54. The van der Waals surface area contributed by atoms with E-state index in [1.165, 1.54) is 0 Å². The highest BCUT2D eigenvalue weighted by Gasteiger charge is 2.13. The summed E-state index contributed by atoms with van der Waals surface area (Å²) >= 11 is 3.43. The van der Waals surface area contributed by atoms with Crippen molar-refractivity contribution in [1.29, 1.82) is 0 Å². The monoisotopic (exact) mass is 340 g/mol. The predicted octanol–water partition coefficient (Wildman–Crippen LogP) is 2.11. The molecule has 0 saturated carbocycles. The molecule has 0 aliphatic rings. The summed E-state index contributed by atoms with van der Waals surface area (Å²) in [6.45, 7) is 6.26. The molecule has 15 heavy (non-hydrogen) atoms. The normalized spacial score (nSPS) is 11.7. The van der Waals surface area contributed by atoms with E-state index in [9.17, 15) is 9.90 Å². The van der Waals surface area contributed by atoms with Crippen molar-refractivity contribution in [2.24, 2.45) is 0 Å². The number of halogens is 1. The zero-order valence-corrected chi connectivity index (χ0v) is 11.8. The summed E-state index contributed by atoms with van der Waals surface area (Å²) in [5, 5.41) is 9.36. The first-order valence-corrected chi connectivity index (χ1v) is 6.47. The maximum Gasteiger partial charge on any atom is 0.268 e. The van der Waals surface area contributed by atoms with Crippen molar-refractivity contribution in [1.82, 2.24) is 9.97 Å². The van der Waals surface area contributed by atoms with E-state index in [1.54, 1.807) is 34.4 Å². The van der Waals surface area contributed by atoms with Crippen LogP contribution >= 0.6 is 34.4 Å². The SMILES string of the molecule is CC(C)(C)SCc1nc(O)c(I)c(=O)[nH]1. The highest BCUT2D eigenvalue weighted by molar-refractivity contribution is 14.1. The largest absolute Gasteiger partial charge is 0.492 e. The van der Waals surface area contributed by atoms with Gasteiger partial charge in [-0.05, 0) is 22.6 Å². The zero-order valence-electron chi connectivity index (χ0n) is 8.80. The molecule has 1 aromatic heterocycles. The number of nitrogens with zero attached hydrogens (tertiary/aromatic N) is 1. The van der Waals surface area contributed by atoms with E-state index in [2.05, 4.69) is 30.7 Å². The summed E-state index contributed by atoms with van der Waals surface area (Å²) in [5.74, 6) is 0.908. The van der Waals surface area contributed by atoms with Gasteiger partial charge in [-0.3, -0.25) is 4.79 Å². The van der Waals surface area contributed by atoms with Gasteiger partial charge in [0.05, 0.1) is 5.75 Å². The molecule has 0 fully saturated rings. The van der Waals surface area contributed by atoms with E-state index in [1.807, 2.05) is 0 Å². The highest BCUT2D eigenvalue weighted by atomic mass is 127. The summed E-state index contributed by atoms with van der Waals surface area (Å²) in [6.07, 6.45) is 0. The molecule has 0 atom stereocenters. The van der Waals surface area contributed by atoms with Crippen LogP contribution in [-0.2, 0) is 5.75 Å². The van der Waals surface area contributed by atoms with E-state index in [0.717, 1.165) is 0 Å². The Balaban J connectivity index is 2.84. The van der Waals surface area contributed by atoms with Crippen LogP contribution in [0, 0.1) is 3.57 Å². The predicted molar refractivity (Wildman–Crippen MR) is 70.3 cm³/mol. The number of nitrogens with one attached hydrogen (secondary N) is 1. The van der Waals surface area contributed by atoms with Crippen molar-refractivity contribution in [2.45, 2.75) is 31.3 Å². The summed E-state index contributed by atoms with van der Waals surface area (Å²) in [4.78, 5) is 17.9. The lowest BCUT2D eigenvalue weighted by atomic mass is 10.3. The third kappa shape index (κ3) is 4.02. The molecule has 1 heterocycles. The van der Waals surface area contributed by atoms with Crippen LogP contribution in [0.4, 0.5) is 0 Å². The Labute approximate surface area is 106 Å². The van der Waals surface area contributed by atoms with E-state index in [0.29, 0.717) is 11.6 Å². The van der Waals surface area contributed by atoms with Crippen LogP contribution in [0.3, 0.4) is 0 Å². The van der Waals surface area contributed by atoms with Crippen LogP contribution in [0.1, 0.15) is 26.6 Å². The molecular formula is C9H13IN2O2S. The lowest BCUT2D eigenvalue weighted by Crippen LogP contribution is -2.15. The second kappa shape index (κ2) is 4.73. The second-order valence-corrected chi connectivity index (χ2v) is 6.93. The van der Waals surface area contributed by atoms with Gasteiger partial charge in [0.25, 0.3) is 5.56 Å². The lowest BCUT2D eigenvalue weighted by molar-refractivity contribution is 0.444. The highest BCUT2D eigenvalue weighted by Crippen LogP contribution is 2.26. The Morgan fingerprint density at radius 1 is 1.53 bits per heavy atom. The van der Waals surface area contributed by atoms with Gasteiger partial charge >= 0.3 is 0 Å². The van der Waals surface area contributed by atoms with Gasteiger partial charge in [-0.2, -0.15) is 4.98 Å². The first kappa shape index (κ1) is 12.8. The molecule has 84 valence electrons. The maximum absolute atomic E-state index is 11.3. The number of thioether (sulfide) groups is 1. The van der Waals surface area contributed by atoms with E-state index < -0.39 is 0 Å². The fourth-order valence-corrected chi connectivity index (χ4v) is 1.81. The van der Waals surface area contributed by atoms with Crippen LogP contribution in [0.25, 0.3) is 0 Å². The summed E-state index contributed by atoms with van der Waals surface area (Å²) < 4.78 is 0.342. The average molecular weight is 340 g/mol. The Morgan fingerprint density at radius 3 is 2.60 bits per heavy atom. The van der Waals surface area contributed by atoms with Gasteiger partial charge in [-0.25, -0.2) is 0 Å². The van der Waals surface area contributed by atoms with Crippen LogP contribution in [0.2, 0.25) is 0 Å². The Kier molecular flexibility index (Phi) is 4.05. The van der Waals surface area contributed by atoms with Gasteiger partial charge in [0.15, 0.2) is 0 Å². The average Bonchev–Trinajstić information content (AvgIpc) is 2.09. The van der Waals surface area contributed by atoms with Crippen molar-refractivity contribution in [3.63, 3.8) is 0 Å².